The van der Waals surface area contributed by atoms with Crippen LogP contribution in [0.15, 0.2) is 60.7 Å². The highest BCUT2D eigenvalue weighted by Gasteiger charge is 2.25. The highest BCUT2D eigenvalue weighted by atomic mass is 16.5. The first-order valence-corrected chi connectivity index (χ1v) is 17.3. The number of carbonyl (C=O) groups is 4. The molecule has 0 unspecified atom stereocenters. The van der Waals surface area contributed by atoms with Crippen LogP contribution in [0, 0.1) is 6.92 Å². The van der Waals surface area contributed by atoms with Crippen LogP contribution in [0.3, 0.4) is 0 Å². The molecule has 0 aliphatic carbocycles. The predicted molar refractivity (Wildman–Crippen MR) is 199 cm³/mol. The van der Waals surface area contributed by atoms with Crippen LogP contribution in [0.1, 0.15) is 62.5 Å². The Morgan fingerprint density at radius 3 is 2.29 bits per heavy atom. The Bertz CT molecular complexity index is 1890. The van der Waals surface area contributed by atoms with Gasteiger partial charge in [-0.05, 0) is 81.3 Å². The van der Waals surface area contributed by atoms with Crippen LogP contribution in [0.5, 0.6) is 11.5 Å². The number of hydrogen-bond donors (Lipinski definition) is 2. The summed E-state index contributed by atoms with van der Waals surface area (Å²) in [6, 6.07) is 17.5. The number of para-hydroxylation sites is 1. The van der Waals surface area contributed by atoms with Gasteiger partial charge in [0.15, 0.2) is 0 Å². The van der Waals surface area contributed by atoms with E-state index < -0.39 is 5.91 Å². The SMILES string of the molecule is COc1cccc(C(=O)N(C)c2ccc(C)cc2OCCCCCC(=O)N2CCN(C)CC2)c1NC(=O)c1cccc2[nH]c(C(=O)N(C)C)cc12. The number of aromatic amines is 1. The molecule has 2 N–H and O–H groups in total. The number of hydrogen-bond acceptors (Lipinski definition) is 7. The average molecular weight is 697 g/mol. The van der Waals surface area contributed by atoms with Crippen molar-refractivity contribution in [1.82, 2.24) is 19.7 Å². The molecule has 1 aromatic heterocycles. The highest BCUT2D eigenvalue weighted by Crippen LogP contribution is 2.34. The topological polar surface area (TPSA) is 128 Å². The van der Waals surface area contributed by atoms with Gasteiger partial charge in [-0.3, -0.25) is 19.2 Å². The maximum Gasteiger partial charge on any atom is 0.269 e. The standard InChI is InChI=1S/C39H48N6O6/c1-26-17-18-32(34(24-26)51-23-9-7-8-16-35(46)45-21-19-43(4)20-22-45)44(5)38(48)28-13-11-15-33(50-6)36(28)41-37(47)27-12-10-14-30-29(27)25-31(40-30)39(49)42(2)3/h10-15,17-18,24-25,40H,7-9,16,19-23H2,1-6H3,(H,41,47). The molecule has 5 rings (SSSR count). The van der Waals surface area contributed by atoms with E-state index in [2.05, 4.69) is 22.2 Å². The van der Waals surface area contributed by atoms with Crippen molar-refractivity contribution in [2.24, 2.45) is 0 Å². The minimum Gasteiger partial charge on any atom is -0.495 e. The molecule has 4 aromatic rings. The number of aryl methyl sites for hydroxylation is 1. The number of carbonyl (C=O) groups excluding carboxylic acids is 4. The van der Waals surface area contributed by atoms with Gasteiger partial charge >= 0.3 is 0 Å². The van der Waals surface area contributed by atoms with E-state index in [1.54, 1.807) is 63.6 Å². The second kappa shape index (κ2) is 16.6. The van der Waals surface area contributed by atoms with E-state index in [4.69, 9.17) is 9.47 Å². The summed E-state index contributed by atoms with van der Waals surface area (Å²) in [7, 11) is 8.53. The Morgan fingerprint density at radius 2 is 1.57 bits per heavy atom. The van der Waals surface area contributed by atoms with Gasteiger partial charge in [-0.25, -0.2) is 0 Å². The maximum atomic E-state index is 14.1. The Hall–Kier alpha value is -5.36. The van der Waals surface area contributed by atoms with Crippen molar-refractivity contribution in [1.29, 1.82) is 0 Å². The number of nitrogens with one attached hydrogen (secondary N) is 2. The number of aromatic nitrogens is 1. The predicted octanol–water partition coefficient (Wildman–Crippen LogP) is 5.43. The van der Waals surface area contributed by atoms with E-state index in [9.17, 15) is 19.2 Å². The number of unbranched alkanes of at least 4 members (excludes halogenated alkanes) is 2. The molecule has 1 fully saturated rings. The minimum absolute atomic E-state index is 0.213. The summed E-state index contributed by atoms with van der Waals surface area (Å²) >= 11 is 0. The van der Waals surface area contributed by atoms with Gasteiger partial charge in [-0.2, -0.15) is 0 Å². The van der Waals surface area contributed by atoms with Crippen LogP contribution in [0.4, 0.5) is 11.4 Å². The molecule has 1 aliphatic heterocycles. The Balaban J connectivity index is 1.28. The lowest BCUT2D eigenvalue weighted by molar-refractivity contribution is -0.132. The number of fused-ring (bicyclic) bond motifs is 1. The quantitative estimate of drug-likeness (QED) is 0.179. The van der Waals surface area contributed by atoms with Crippen molar-refractivity contribution >= 4 is 45.9 Å². The zero-order valence-electron chi connectivity index (χ0n) is 30.4. The Kier molecular flexibility index (Phi) is 12.0. The number of rotatable bonds is 13. The van der Waals surface area contributed by atoms with Gasteiger partial charge in [0.25, 0.3) is 17.7 Å². The van der Waals surface area contributed by atoms with E-state index in [0.29, 0.717) is 52.4 Å². The number of H-pyrrole nitrogens is 1. The van der Waals surface area contributed by atoms with Crippen LogP contribution in [-0.2, 0) is 4.79 Å². The second-order valence-electron chi connectivity index (χ2n) is 13.2. The van der Waals surface area contributed by atoms with Gasteiger partial charge in [-0.1, -0.05) is 18.2 Å². The van der Waals surface area contributed by atoms with Gasteiger partial charge in [0.2, 0.25) is 5.91 Å². The zero-order chi connectivity index (χ0) is 36.7. The maximum absolute atomic E-state index is 14.1. The first kappa shape index (κ1) is 36.9. The second-order valence-corrected chi connectivity index (χ2v) is 13.2. The van der Waals surface area contributed by atoms with Crippen molar-refractivity contribution in [3.05, 3.63) is 83.0 Å². The van der Waals surface area contributed by atoms with Gasteiger partial charge in [0.1, 0.15) is 17.2 Å². The van der Waals surface area contributed by atoms with Crippen molar-refractivity contribution in [2.45, 2.75) is 32.6 Å². The molecule has 2 heterocycles. The first-order chi connectivity index (χ1) is 24.5. The largest absolute Gasteiger partial charge is 0.495 e. The molecule has 270 valence electrons. The van der Waals surface area contributed by atoms with Crippen molar-refractivity contribution < 1.29 is 28.7 Å². The van der Waals surface area contributed by atoms with Gasteiger partial charge in [-0.15, -0.1) is 0 Å². The van der Waals surface area contributed by atoms with Gasteiger partial charge in [0, 0.05) is 70.2 Å². The number of amides is 4. The van der Waals surface area contributed by atoms with E-state index in [0.717, 1.165) is 51.0 Å². The lowest BCUT2D eigenvalue weighted by Gasteiger charge is -2.32. The van der Waals surface area contributed by atoms with E-state index >= 15 is 0 Å². The minimum atomic E-state index is -0.464. The molecule has 0 radical (unpaired) electrons. The molecule has 12 heteroatoms. The summed E-state index contributed by atoms with van der Waals surface area (Å²) in [6.07, 6.45) is 2.96. The van der Waals surface area contributed by atoms with Gasteiger partial charge < -0.3 is 39.4 Å². The number of nitrogens with zero attached hydrogens (tertiary/aromatic N) is 4. The summed E-state index contributed by atoms with van der Waals surface area (Å²) in [4.78, 5) is 63.4. The highest BCUT2D eigenvalue weighted by molar-refractivity contribution is 6.18. The molecule has 51 heavy (non-hydrogen) atoms. The van der Waals surface area contributed by atoms with Crippen molar-refractivity contribution in [2.75, 3.05) is 78.3 Å². The van der Waals surface area contributed by atoms with Crippen molar-refractivity contribution in [3.8, 4) is 11.5 Å². The molecule has 0 saturated carbocycles. The number of likely N-dealkylation sites (N-methyl/N-ethyl adjacent to an activating group) is 1. The number of ether oxygens (including phenoxy) is 2. The lowest BCUT2D eigenvalue weighted by Crippen LogP contribution is -2.47. The first-order valence-electron chi connectivity index (χ1n) is 17.3. The summed E-state index contributed by atoms with van der Waals surface area (Å²) in [6.45, 7) is 5.80. The van der Waals surface area contributed by atoms with E-state index in [-0.39, 0.29) is 29.0 Å². The molecule has 3 aromatic carbocycles. The molecule has 4 amide bonds. The van der Waals surface area contributed by atoms with E-state index in [1.807, 2.05) is 30.0 Å². The van der Waals surface area contributed by atoms with Crippen LogP contribution in [-0.4, -0.2) is 111 Å². The van der Waals surface area contributed by atoms with Crippen LogP contribution >= 0.6 is 0 Å². The molecule has 12 nitrogen and oxygen atoms in total. The number of methoxy groups -OCH3 is 1. The third kappa shape index (κ3) is 8.69. The lowest BCUT2D eigenvalue weighted by atomic mass is 10.1. The van der Waals surface area contributed by atoms with Crippen LogP contribution < -0.4 is 19.7 Å². The zero-order valence-corrected chi connectivity index (χ0v) is 30.4. The summed E-state index contributed by atoms with van der Waals surface area (Å²) in [5.41, 5.74) is 3.33. The fourth-order valence-electron chi connectivity index (χ4n) is 6.15. The molecule has 0 spiro atoms. The molecule has 1 aliphatic rings. The molecular formula is C39H48N6O6. The average Bonchev–Trinajstić information content (AvgIpc) is 3.57. The van der Waals surface area contributed by atoms with Crippen molar-refractivity contribution in [3.63, 3.8) is 0 Å². The number of benzene rings is 3. The molecule has 1 saturated heterocycles. The van der Waals surface area contributed by atoms with Crippen LogP contribution in [0.2, 0.25) is 0 Å². The van der Waals surface area contributed by atoms with Gasteiger partial charge in [0.05, 0.1) is 30.7 Å². The third-order valence-electron chi connectivity index (χ3n) is 9.19. The molecular weight excluding hydrogens is 648 g/mol. The monoisotopic (exact) mass is 696 g/mol. The Morgan fingerprint density at radius 1 is 0.843 bits per heavy atom. The number of piperazine rings is 1. The number of anilines is 2. The van der Waals surface area contributed by atoms with E-state index in [1.165, 1.54) is 16.9 Å². The third-order valence-corrected chi connectivity index (χ3v) is 9.19. The Labute approximate surface area is 299 Å². The molecule has 0 atom stereocenters. The summed E-state index contributed by atoms with van der Waals surface area (Å²) in [5.74, 6) is 0.0402. The summed E-state index contributed by atoms with van der Waals surface area (Å²) < 4.78 is 11.8. The fourth-order valence-corrected chi connectivity index (χ4v) is 6.15. The fraction of sp³-hybridized carbons (Fsp3) is 0.385. The normalized spacial score (nSPS) is 13.2. The van der Waals surface area contributed by atoms with Crippen LogP contribution in [0.25, 0.3) is 10.9 Å². The smallest absolute Gasteiger partial charge is 0.269 e. The molecule has 0 bridgehead atoms. The summed E-state index contributed by atoms with van der Waals surface area (Å²) in [5, 5.41) is 3.49.